The van der Waals surface area contributed by atoms with Crippen LogP contribution in [0.5, 0.6) is 0 Å². The first-order chi connectivity index (χ1) is 8.60. The number of carbonyl (C=O) groups excluding carboxylic acids is 1. The van der Waals surface area contributed by atoms with Gasteiger partial charge in [0.25, 0.3) is 0 Å². The lowest BCUT2D eigenvalue weighted by atomic mass is 9.81. The lowest BCUT2D eigenvalue weighted by molar-refractivity contribution is -0.152. The van der Waals surface area contributed by atoms with Crippen molar-refractivity contribution in [1.29, 1.82) is 0 Å². The molecule has 0 aliphatic heterocycles. The van der Waals surface area contributed by atoms with E-state index in [9.17, 15) is 18.0 Å². The predicted molar refractivity (Wildman–Crippen MR) is 64.2 cm³/mol. The molecule has 6 heteroatoms. The van der Waals surface area contributed by atoms with Gasteiger partial charge < -0.3 is 10.5 Å². The van der Waals surface area contributed by atoms with Crippen molar-refractivity contribution in [3.8, 4) is 0 Å². The summed E-state index contributed by atoms with van der Waals surface area (Å²) < 4.78 is 41.9. The van der Waals surface area contributed by atoms with E-state index in [2.05, 4.69) is 4.74 Å². The number of carbonyl (C=O) groups is 1. The first kappa shape index (κ1) is 15.5. The van der Waals surface area contributed by atoms with Crippen LogP contribution in [0.3, 0.4) is 0 Å². The van der Waals surface area contributed by atoms with Gasteiger partial charge in [-0.15, -0.1) is 0 Å². The van der Waals surface area contributed by atoms with Crippen LogP contribution in [0.25, 0.3) is 0 Å². The van der Waals surface area contributed by atoms with Gasteiger partial charge in [-0.05, 0) is 31.5 Å². The first-order valence-corrected chi connectivity index (χ1v) is 5.62. The van der Waals surface area contributed by atoms with Crippen molar-refractivity contribution in [3.63, 3.8) is 0 Å². The summed E-state index contributed by atoms with van der Waals surface area (Å²) in [4.78, 5) is 11.6. The van der Waals surface area contributed by atoms with Crippen molar-refractivity contribution in [3.05, 3.63) is 35.4 Å². The molecule has 2 N–H and O–H groups in total. The third-order valence-electron chi connectivity index (χ3n) is 3.09. The Morgan fingerprint density at radius 2 is 1.68 bits per heavy atom. The van der Waals surface area contributed by atoms with Crippen LogP contribution in [-0.4, -0.2) is 13.1 Å². The van der Waals surface area contributed by atoms with E-state index >= 15 is 0 Å². The van der Waals surface area contributed by atoms with Crippen molar-refractivity contribution in [2.24, 2.45) is 11.1 Å². The van der Waals surface area contributed by atoms with Crippen LogP contribution in [0.1, 0.15) is 31.0 Å². The molecule has 1 aromatic rings. The average Bonchev–Trinajstić information content (AvgIpc) is 2.35. The Labute approximate surface area is 109 Å². The number of esters is 1. The Morgan fingerprint density at radius 3 is 2.05 bits per heavy atom. The van der Waals surface area contributed by atoms with Gasteiger partial charge in [0.2, 0.25) is 0 Å². The number of halogens is 3. The Bertz CT molecular complexity index is 452. The maximum absolute atomic E-state index is 12.4. The van der Waals surface area contributed by atoms with Crippen LogP contribution < -0.4 is 5.73 Å². The second kappa shape index (κ2) is 5.21. The molecular formula is C13H16F3NO2. The van der Waals surface area contributed by atoms with Gasteiger partial charge >= 0.3 is 12.1 Å². The number of methoxy groups -OCH3 is 1. The van der Waals surface area contributed by atoms with Crippen LogP contribution in [0.2, 0.25) is 0 Å². The Kier molecular flexibility index (Phi) is 4.25. The molecule has 0 aromatic heterocycles. The third-order valence-corrected chi connectivity index (χ3v) is 3.09. The van der Waals surface area contributed by atoms with Gasteiger partial charge in [-0.1, -0.05) is 12.1 Å². The highest BCUT2D eigenvalue weighted by molar-refractivity contribution is 5.77. The molecular weight excluding hydrogens is 259 g/mol. The summed E-state index contributed by atoms with van der Waals surface area (Å²) in [6, 6.07) is 3.70. The standard InChI is InChI=1S/C13H16F3NO2/c1-12(2,11(18)19-3)10(17)8-4-6-9(7-5-8)13(14,15)16/h4-7,10H,17H2,1-3H3/t10-/m1/s1. The summed E-state index contributed by atoms with van der Waals surface area (Å²) in [6.07, 6.45) is -4.39. The highest BCUT2D eigenvalue weighted by atomic mass is 19.4. The fourth-order valence-corrected chi connectivity index (χ4v) is 1.69. The van der Waals surface area contributed by atoms with Crippen molar-refractivity contribution < 1.29 is 22.7 Å². The lowest BCUT2D eigenvalue weighted by Gasteiger charge is -2.29. The minimum atomic E-state index is -4.39. The molecule has 0 saturated carbocycles. The molecule has 0 aliphatic carbocycles. The number of hydrogen-bond acceptors (Lipinski definition) is 3. The van der Waals surface area contributed by atoms with Crippen molar-refractivity contribution in [1.82, 2.24) is 0 Å². The number of benzene rings is 1. The highest BCUT2D eigenvalue weighted by Crippen LogP contribution is 2.34. The summed E-state index contributed by atoms with van der Waals surface area (Å²) in [5.41, 5.74) is 4.60. The third kappa shape index (κ3) is 3.26. The Balaban J connectivity index is 3.02. The molecule has 3 nitrogen and oxygen atoms in total. The average molecular weight is 275 g/mol. The van der Waals surface area contributed by atoms with E-state index in [0.717, 1.165) is 12.1 Å². The van der Waals surface area contributed by atoms with Gasteiger partial charge in [0.1, 0.15) is 0 Å². The molecule has 1 aromatic carbocycles. The fraction of sp³-hybridized carbons (Fsp3) is 0.462. The van der Waals surface area contributed by atoms with Crippen LogP contribution in [-0.2, 0) is 15.7 Å². The number of nitrogens with two attached hydrogens (primary N) is 1. The molecule has 1 rings (SSSR count). The zero-order chi connectivity index (χ0) is 14.8. The SMILES string of the molecule is COC(=O)C(C)(C)[C@H](N)c1ccc(C(F)(F)F)cc1. The van der Waals surface area contributed by atoms with Crippen molar-refractivity contribution in [2.75, 3.05) is 7.11 Å². The van der Waals surface area contributed by atoms with Gasteiger partial charge in [0, 0.05) is 6.04 Å². The van der Waals surface area contributed by atoms with E-state index in [4.69, 9.17) is 5.73 Å². The summed E-state index contributed by atoms with van der Waals surface area (Å²) in [5, 5.41) is 0. The molecule has 0 spiro atoms. The van der Waals surface area contributed by atoms with E-state index in [-0.39, 0.29) is 0 Å². The Morgan fingerprint density at radius 1 is 1.21 bits per heavy atom. The summed E-state index contributed by atoms with van der Waals surface area (Å²) >= 11 is 0. The largest absolute Gasteiger partial charge is 0.469 e. The second-order valence-corrected chi connectivity index (χ2v) is 4.81. The van der Waals surface area contributed by atoms with Crippen LogP contribution in [0.15, 0.2) is 24.3 Å². The Hall–Kier alpha value is -1.56. The van der Waals surface area contributed by atoms with E-state index in [1.165, 1.54) is 19.2 Å². The molecule has 0 bridgehead atoms. The molecule has 1 atom stereocenters. The predicted octanol–water partition coefficient (Wildman–Crippen LogP) is 2.90. The fourth-order valence-electron chi connectivity index (χ4n) is 1.69. The quantitative estimate of drug-likeness (QED) is 0.863. The van der Waals surface area contributed by atoms with Crippen LogP contribution in [0.4, 0.5) is 13.2 Å². The lowest BCUT2D eigenvalue weighted by Crippen LogP contribution is -2.37. The van der Waals surface area contributed by atoms with Gasteiger partial charge in [-0.25, -0.2) is 0 Å². The van der Waals surface area contributed by atoms with Gasteiger partial charge in [0.15, 0.2) is 0 Å². The zero-order valence-corrected chi connectivity index (χ0v) is 10.9. The molecule has 19 heavy (non-hydrogen) atoms. The molecule has 0 saturated heterocycles. The second-order valence-electron chi connectivity index (χ2n) is 4.81. The number of rotatable bonds is 3. The topological polar surface area (TPSA) is 52.3 Å². The number of ether oxygens (including phenoxy) is 1. The van der Waals surface area contributed by atoms with Gasteiger partial charge in [-0.3, -0.25) is 4.79 Å². The first-order valence-electron chi connectivity index (χ1n) is 5.62. The van der Waals surface area contributed by atoms with Gasteiger partial charge in [-0.2, -0.15) is 13.2 Å². The summed E-state index contributed by atoms with van der Waals surface area (Å²) in [7, 11) is 1.24. The van der Waals surface area contributed by atoms with Crippen LogP contribution >= 0.6 is 0 Å². The van der Waals surface area contributed by atoms with E-state index in [1.54, 1.807) is 13.8 Å². The summed E-state index contributed by atoms with van der Waals surface area (Å²) in [6.45, 7) is 3.17. The van der Waals surface area contributed by atoms with E-state index in [0.29, 0.717) is 5.56 Å². The number of hydrogen-bond donors (Lipinski definition) is 1. The molecule has 0 amide bonds. The van der Waals surface area contributed by atoms with Crippen LogP contribution in [0, 0.1) is 5.41 Å². The normalized spacial score (nSPS) is 14.1. The molecule has 0 radical (unpaired) electrons. The smallest absolute Gasteiger partial charge is 0.416 e. The zero-order valence-electron chi connectivity index (χ0n) is 10.9. The van der Waals surface area contributed by atoms with Crippen molar-refractivity contribution in [2.45, 2.75) is 26.1 Å². The molecule has 0 fully saturated rings. The minimum absolute atomic E-state index is 0.448. The molecule has 106 valence electrons. The monoisotopic (exact) mass is 275 g/mol. The highest BCUT2D eigenvalue weighted by Gasteiger charge is 2.37. The molecule has 0 heterocycles. The van der Waals surface area contributed by atoms with Crippen molar-refractivity contribution >= 4 is 5.97 Å². The minimum Gasteiger partial charge on any atom is -0.469 e. The number of alkyl halides is 3. The maximum Gasteiger partial charge on any atom is 0.416 e. The van der Waals surface area contributed by atoms with Gasteiger partial charge in [0.05, 0.1) is 18.1 Å². The molecule has 0 aliphatic rings. The van der Waals surface area contributed by atoms with E-state index in [1.807, 2.05) is 0 Å². The maximum atomic E-state index is 12.4. The summed E-state index contributed by atoms with van der Waals surface area (Å²) in [5.74, 6) is -0.514. The van der Waals surface area contributed by atoms with E-state index < -0.39 is 29.2 Å². The molecule has 0 unspecified atom stereocenters.